The third-order valence-electron chi connectivity index (χ3n) is 7.67. The molecule has 4 heteroatoms. The number of rotatable bonds is 5. The van der Waals surface area contributed by atoms with Gasteiger partial charge >= 0.3 is 6.03 Å². The number of carbonyl (C=O) groups excluding carboxylic acids is 1. The molecule has 146 valence electrons. The molecular weight excluding hydrogens is 334 g/mol. The molecule has 1 saturated heterocycles. The Hall–Kier alpha value is -1.55. The summed E-state index contributed by atoms with van der Waals surface area (Å²) in [5.41, 5.74) is 1.21. The van der Waals surface area contributed by atoms with E-state index >= 15 is 0 Å². The number of amides is 2. The van der Waals surface area contributed by atoms with Crippen LogP contribution in [0.5, 0.6) is 0 Å². The van der Waals surface area contributed by atoms with Crippen molar-refractivity contribution in [2.45, 2.75) is 57.0 Å². The summed E-state index contributed by atoms with van der Waals surface area (Å²) in [5.74, 6) is 3.34. The van der Waals surface area contributed by atoms with E-state index in [0.29, 0.717) is 6.04 Å². The Morgan fingerprint density at radius 2 is 1.59 bits per heavy atom. The van der Waals surface area contributed by atoms with Crippen LogP contribution in [0.2, 0.25) is 0 Å². The van der Waals surface area contributed by atoms with Crippen LogP contribution in [0, 0.1) is 23.7 Å². The molecule has 6 rings (SSSR count). The average Bonchev–Trinajstić information content (AvgIpc) is 3.17. The first-order chi connectivity index (χ1) is 13.2. The van der Waals surface area contributed by atoms with Gasteiger partial charge in [0.15, 0.2) is 0 Å². The zero-order valence-electron chi connectivity index (χ0n) is 16.3. The molecule has 4 aliphatic carbocycles. The van der Waals surface area contributed by atoms with Crippen molar-refractivity contribution in [2.75, 3.05) is 19.6 Å². The molecule has 5 fully saturated rings. The molecule has 0 aromatic heterocycles. The quantitative estimate of drug-likeness (QED) is 0.828. The maximum Gasteiger partial charge on any atom is 0.315 e. The molecule has 4 saturated carbocycles. The van der Waals surface area contributed by atoms with Gasteiger partial charge in [-0.3, -0.25) is 0 Å². The molecule has 1 atom stereocenters. The van der Waals surface area contributed by atoms with Gasteiger partial charge in [0.05, 0.1) is 6.04 Å². The number of hydrogen-bond acceptors (Lipinski definition) is 2. The smallest absolute Gasteiger partial charge is 0.315 e. The first-order valence-electron chi connectivity index (χ1n) is 11.1. The zero-order chi connectivity index (χ0) is 18.2. The summed E-state index contributed by atoms with van der Waals surface area (Å²) in [6, 6.07) is 11.0. The summed E-state index contributed by atoms with van der Waals surface area (Å²) in [6.45, 7) is 3.23. The minimum Gasteiger partial charge on any atom is -0.335 e. The van der Waals surface area contributed by atoms with Crippen molar-refractivity contribution in [3.8, 4) is 0 Å². The van der Waals surface area contributed by atoms with Crippen LogP contribution in [0.3, 0.4) is 0 Å². The lowest BCUT2D eigenvalue weighted by molar-refractivity contribution is -0.00956. The lowest BCUT2D eigenvalue weighted by Gasteiger charge is -2.54. The number of carbonyl (C=O) groups is 1. The van der Waals surface area contributed by atoms with Gasteiger partial charge < -0.3 is 15.5 Å². The van der Waals surface area contributed by atoms with Crippen molar-refractivity contribution >= 4 is 6.03 Å². The predicted molar refractivity (Wildman–Crippen MR) is 107 cm³/mol. The second-order valence-electron chi connectivity index (χ2n) is 9.55. The van der Waals surface area contributed by atoms with E-state index in [-0.39, 0.29) is 12.1 Å². The third-order valence-corrected chi connectivity index (χ3v) is 7.67. The molecule has 4 bridgehead atoms. The van der Waals surface area contributed by atoms with Crippen LogP contribution in [-0.2, 0) is 0 Å². The summed E-state index contributed by atoms with van der Waals surface area (Å²) in [7, 11) is 0. The van der Waals surface area contributed by atoms with Crippen LogP contribution in [0.1, 0.15) is 56.6 Å². The van der Waals surface area contributed by atoms with Gasteiger partial charge in [-0.15, -0.1) is 0 Å². The largest absolute Gasteiger partial charge is 0.335 e. The van der Waals surface area contributed by atoms with Gasteiger partial charge in [0.25, 0.3) is 0 Å². The van der Waals surface area contributed by atoms with Crippen LogP contribution >= 0.6 is 0 Å². The SMILES string of the molecule is O=C(NC(CN1CCCC1)c1ccccc1)NC1C2CC3CC(C2)CC1C3. The molecule has 2 N–H and O–H groups in total. The highest BCUT2D eigenvalue weighted by molar-refractivity contribution is 5.75. The van der Waals surface area contributed by atoms with Crippen molar-refractivity contribution in [3.05, 3.63) is 35.9 Å². The molecule has 5 aliphatic rings. The lowest BCUT2D eigenvalue weighted by Crippen LogP contribution is -2.58. The van der Waals surface area contributed by atoms with E-state index in [2.05, 4.69) is 39.8 Å². The molecule has 0 radical (unpaired) electrons. The van der Waals surface area contributed by atoms with Crippen LogP contribution < -0.4 is 10.6 Å². The predicted octanol–water partition coefficient (Wildman–Crippen LogP) is 3.95. The molecule has 1 heterocycles. The van der Waals surface area contributed by atoms with Gasteiger partial charge in [-0.1, -0.05) is 30.3 Å². The molecule has 2 amide bonds. The number of nitrogens with one attached hydrogen (secondary N) is 2. The second-order valence-corrected chi connectivity index (χ2v) is 9.55. The van der Waals surface area contributed by atoms with Gasteiger partial charge in [0.1, 0.15) is 0 Å². The Balaban J connectivity index is 1.24. The molecule has 1 aromatic rings. The molecule has 27 heavy (non-hydrogen) atoms. The minimum absolute atomic E-state index is 0.0422. The Bertz CT molecular complexity index is 627. The molecule has 1 aliphatic heterocycles. The van der Waals surface area contributed by atoms with E-state index in [1.807, 2.05) is 6.07 Å². The van der Waals surface area contributed by atoms with E-state index in [4.69, 9.17) is 0 Å². The lowest BCUT2D eigenvalue weighted by atomic mass is 9.54. The fourth-order valence-electron chi connectivity index (χ4n) is 6.66. The summed E-state index contributed by atoms with van der Waals surface area (Å²) in [5, 5.41) is 6.75. The number of benzene rings is 1. The maximum atomic E-state index is 13.0. The highest BCUT2D eigenvalue weighted by Crippen LogP contribution is 2.53. The summed E-state index contributed by atoms with van der Waals surface area (Å²) < 4.78 is 0. The van der Waals surface area contributed by atoms with E-state index in [0.717, 1.165) is 43.3 Å². The monoisotopic (exact) mass is 367 g/mol. The first-order valence-corrected chi connectivity index (χ1v) is 11.1. The summed E-state index contributed by atoms with van der Waals surface area (Å²) in [4.78, 5) is 15.4. The number of urea groups is 1. The van der Waals surface area contributed by atoms with Crippen LogP contribution in [0.15, 0.2) is 30.3 Å². The van der Waals surface area contributed by atoms with Gasteiger partial charge in [-0.2, -0.15) is 0 Å². The van der Waals surface area contributed by atoms with Crippen molar-refractivity contribution in [2.24, 2.45) is 23.7 Å². The Morgan fingerprint density at radius 1 is 0.963 bits per heavy atom. The number of nitrogens with zero attached hydrogens (tertiary/aromatic N) is 1. The molecule has 1 aromatic carbocycles. The highest BCUT2D eigenvalue weighted by Gasteiger charge is 2.48. The van der Waals surface area contributed by atoms with E-state index in [1.165, 1.54) is 50.5 Å². The van der Waals surface area contributed by atoms with E-state index in [1.54, 1.807) is 0 Å². The van der Waals surface area contributed by atoms with Gasteiger partial charge in [0, 0.05) is 12.6 Å². The molecule has 0 spiro atoms. The maximum absolute atomic E-state index is 13.0. The molecule has 1 unspecified atom stereocenters. The van der Waals surface area contributed by atoms with Crippen molar-refractivity contribution < 1.29 is 4.79 Å². The average molecular weight is 368 g/mol. The van der Waals surface area contributed by atoms with Crippen molar-refractivity contribution in [3.63, 3.8) is 0 Å². The van der Waals surface area contributed by atoms with Gasteiger partial charge in [-0.25, -0.2) is 4.79 Å². The standard InChI is InChI=1S/C23H33N3O/c27-23(25-22-19-11-16-10-17(13-19)14-20(22)12-16)24-21(15-26-8-4-5-9-26)18-6-2-1-3-7-18/h1-3,6-7,16-17,19-22H,4-5,8-15H2,(H2,24,25,27). The number of hydrogen-bond donors (Lipinski definition) is 2. The van der Waals surface area contributed by atoms with E-state index < -0.39 is 0 Å². The second kappa shape index (κ2) is 7.46. The first kappa shape index (κ1) is 17.5. The van der Waals surface area contributed by atoms with Crippen molar-refractivity contribution in [1.82, 2.24) is 15.5 Å². The Morgan fingerprint density at radius 3 is 2.22 bits per heavy atom. The fourth-order valence-corrected chi connectivity index (χ4v) is 6.66. The van der Waals surface area contributed by atoms with Crippen LogP contribution in [0.4, 0.5) is 4.79 Å². The summed E-state index contributed by atoms with van der Waals surface area (Å²) >= 11 is 0. The van der Waals surface area contributed by atoms with Gasteiger partial charge in [0.2, 0.25) is 0 Å². The van der Waals surface area contributed by atoms with Gasteiger partial charge in [-0.05, 0) is 87.3 Å². The van der Waals surface area contributed by atoms with Crippen LogP contribution in [-0.4, -0.2) is 36.6 Å². The van der Waals surface area contributed by atoms with Crippen molar-refractivity contribution in [1.29, 1.82) is 0 Å². The fraction of sp³-hybridized carbons (Fsp3) is 0.696. The highest BCUT2D eigenvalue weighted by atomic mass is 16.2. The zero-order valence-corrected chi connectivity index (χ0v) is 16.3. The molecular formula is C23H33N3O. The van der Waals surface area contributed by atoms with Crippen LogP contribution in [0.25, 0.3) is 0 Å². The van der Waals surface area contributed by atoms with E-state index in [9.17, 15) is 4.79 Å². The molecule has 4 nitrogen and oxygen atoms in total. The Labute approximate surface area is 163 Å². The third kappa shape index (κ3) is 3.73. The normalized spacial score (nSPS) is 35.9. The Kier molecular flexibility index (Phi) is 4.85. The minimum atomic E-state index is 0.0422. The topological polar surface area (TPSA) is 44.4 Å². The number of likely N-dealkylation sites (tertiary alicyclic amines) is 1. The summed E-state index contributed by atoms with van der Waals surface area (Å²) in [6.07, 6.45) is 9.38.